The first-order valence-electron chi connectivity index (χ1n) is 8.08. The molecule has 2 aliphatic heterocycles. The highest BCUT2D eigenvalue weighted by molar-refractivity contribution is 7.91. The van der Waals surface area contributed by atoms with Gasteiger partial charge in [0.15, 0.2) is 9.84 Å². The summed E-state index contributed by atoms with van der Waals surface area (Å²) >= 11 is 0. The molecule has 5 nitrogen and oxygen atoms in total. The number of hydrogen-bond donors (Lipinski definition) is 0. The molecule has 0 saturated carbocycles. The molecule has 1 spiro atoms. The summed E-state index contributed by atoms with van der Waals surface area (Å²) in [4.78, 5) is 14.1. The minimum Gasteiger partial charge on any atom is -0.370 e. The molecule has 0 aromatic heterocycles. The van der Waals surface area contributed by atoms with E-state index in [1.807, 2.05) is 4.90 Å². The van der Waals surface area contributed by atoms with Crippen molar-refractivity contribution in [3.05, 3.63) is 0 Å². The molecule has 0 aromatic rings. The van der Waals surface area contributed by atoms with E-state index >= 15 is 0 Å². The third-order valence-electron chi connectivity index (χ3n) is 4.45. The molecule has 2 rings (SSSR count). The van der Waals surface area contributed by atoms with Crippen molar-refractivity contribution in [3.63, 3.8) is 0 Å². The maximum Gasteiger partial charge on any atom is 0.222 e. The normalized spacial score (nSPS) is 28.1. The lowest BCUT2D eigenvalue weighted by Gasteiger charge is -2.39. The zero-order chi connectivity index (χ0) is 15.3. The minimum absolute atomic E-state index is 0.0697. The summed E-state index contributed by atoms with van der Waals surface area (Å²) in [6.45, 7) is 3.67. The van der Waals surface area contributed by atoms with Crippen LogP contribution in [0.25, 0.3) is 0 Å². The van der Waals surface area contributed by atoms with Gasteiger partial charge in [-0.15, -0.1) is 0 Å². The molecule has 0 aliphatic carbocycles. The molecule has 1 atom stereocenters. The summed E-state index contributed by atoms with van der Waals surface area (Å²) in [5.41, 5.74) is -0.630. The standard InChI is InChI=1S/C15H27NO4S/c1-2-3-4-5-6-7-14(17)16-9-10-20-15(12-16)8-11-21(18,19)13-15/h2-13H2,1H3. The molecule has 0 bridgehead atoms. The summed E-state index contributed by atoms with van der Waals surface area (Å²) in [6, 6.07) is 0. The quantitative estimate of drug-likeness (QED) is 0.700. The van der Waals surface area contributed by atoms with E-state index in [1.165, 1.54) is 19.3 Å². The van der Waals surface area contributed by atoms with Crippen molar-refractivity contribution in [1.29, 1.82) is 0 Å². The number of carbonyl (C=O) groups is 1. The van der Waals surface area contributed by atoms with Gasteiger partial charge in [-0.05, 0) is 12.8 Å². The second kappa shape index (κ2) is 7.09. The Morgan fingerprint density at radius 2 is 2.00 bits per heavy atom. The van der Waals surface area contributed by atoms with Gasteiger partial charge in [0, 0.05) is 13.0 Å². The van der Waals surface area contributed by atoms with E-state index < -0.39 is 15.4 Å². The number of hydrogen-bond acceptors (Lipinski definition) is 4. The van der Waals surface area contributed by atoms with E-state index in [9.17, 15) is 13.2 Å². The van der Waals surface area contributed by atoms with Gasteiger partial charge in [-0.2, -0.15) is 0 Å². The first-order chi connectivity index (χ1) is 9.96. The topological polar surface area (TPSA) is 63.7 Å². The number of rotatable bonds is 6. The highest BCUT2D eigenvalue weighted by Gasteiger charge is 2.46. The van der Waals surface area contributed by atoms with Crippen LogP contribution in [-0.2, 0) is 19.4 Å². The predicted molar refractivity (Wildman–Crippen MR) is 81.9 cm³/mol. The number of unbranched alkanes of at least 4 members (excludes halogenated alkanes) is 4. The Morgan fingerprint density at radius 1 is 1.24 bits per heavy atom. The Labute approximate surface area is 127 Å². The smallest absolute Gasteiger partial charge is 0.222 e. The fourth-order valence-electron chi connectivity index (χ4n) is 3.22. The summed E-state index contributed by atoms with van der Waals surface area (Å²) in [5.74, 6) is 0.408. The summed E-state index contributed by atoms with van der Waals surface area (Å²) in [7, 11) is -2.99. The van der Waals surface area contributed by atoms with Gasteiger partial charge in [-0.1, -0.05) is 32.6 Å². The van der Waals surface area contributed by atoms with Crippen LogP contribution in [0.3, 0.4) is 0 Å². The Morgan fingerprint density at radius 3 is 2.67 bits per heavy atom. The van der Waals surface area contributed by atoms with Crippen molar-refractivity contribution in [2.45, 2.75) is 57.5 Å². The van der Waals surface area contributed by atoms with Gasteiger partial charge in [0.2, 0.25) is 5.91 Å². The van der Waals surface area contributed by atoms with Crippen LogP contribution in [0.4, 0.5) is 0 Å². The summed E-state index contributed by atoms with van der Waals surface area (Å²) < 4.78 is 29.1. The molecular formula is C15H27NO4S. The van der Waals surface area contributed by atoms with Crippen LogP contribution in [-0.4, -0.2) is 56.0 Å². The predicted octanol–water partition coefficient (Wildman–Crippen LogP) is 1.76. The molecule has 122 valence electrons. The number of amides is 1. The zero-order valence-electron chi connectivity index (χ0n) is 13.0. The van der Waals surface area contributed by atoms with Crippen molar-refractivity contribution >= 4 is 15.7 Å². The molecule has 1 amide bonds. The van der Waals surface area contributed by atoms with Crippen LogP contribution < -0.4 is 0 Å². The lowest BCUT2D eigenvalue weighted by Crippen LogP contribution is -2.54. The largest absolute Gasteiger partial charge is 0.370 e. The second-order valence-electron chi connectivity index (χ2n) is 6.35. The van der Waals surface area contributed by atoms with Crippen LogP contribution in [0.5, 0.6) is 0 Å². The molecule has 21 heavy (non-hydrogen) atoms. The third kappa shape index (κ3) is 4.68. The number of morpholine rings is 1. The first-order valence-corrected chi connectivity index (χ1v) is 9.91. The molecule has 2 heterocycles. The van der Waals surface area contributed by atoms with Crippen molar-refractivity contribution in [2.24, 2.45) is 0 Å². The van der Waals surface area contributed by atoms with Crippen molar-refractivity contribution in [2.75, 3.05) is 31.2 Å². The molecule has 6 heteroatoms. The number of carbonyl (C=O) groups excluding carboxylic acids is 1. The van der Waals surface area contributed by atoms with Gasteiger partial charge in [-0.25, -0.2) is 8.42 Å². The maximum absolute atomic E-state index is 12.3. The highest BCUT2D eigenvalue weighted by atomic mass is 32.2. The van der Waals surface area contributed by atoms with Crippen LogP contribution in [0.2, 0.25) is 0 Å². The number of nitrogens with zero attached hydrogens (tertiary/aromatic N) is 1. The summed E-state index contributed by atoms with van der Waals surface area (Å²) in [6.07, 6.45) is 6.75. The minimum atomic E-state index is -2.99. The van der Waals surface area contributed by atoms with Crippen molar-refractivity contribution in [1.82, 2.24) is 4.90 Å². The fraction of sp³-hybridized carbons (Fsp3) is 0.933. The van der Waals surface area contributed by atoms with Crippen LogP contribution in [0, 0.1) is 0 Å². The van der Waals surface area contributed by atoms with E-state index in [-0.39, 0.29) is 17.4 Å². The number of sulfone groups is 1. The number of ether oxygens (including phenoxy) is 1. The lowest BCUT2D eigenvalue weighted by atomic mass is 10.0. The van der Waals surface area contributed by atoms with Crippen LogP contribution >= 0.6 is 0 Å². The fourth-order valence-corrected chi connectivity index (χ4v) is 5.17. The van der Waals surface area contributed by atoms with Gasteiger partial charge in [0.05, 0.1) is 24.7 Å². The Bertz CT molecular complexity index is 462. The monoisotopic (exact) mass is 317 g/mol. The van der Waals surface area contributed by atoms with Gasteiger partial charge in [0.1, 0.15) is 5.60 Å². The molecule has 0 radical (unpaired) electrons. The van der Waals surface area contributed by atoms with Crippen molar-refractivity contribution < 1.29 is 17.9 Å². The van der Waals surface area contributed by atoms with E-state index in [2.05, 4.69) is 6.92 Å². The molecule has 2 aliphatic rings. The Balaban J connectivity index is 1.80. The summed E-state index contributed by atoms with van der Waals surface area (Å²) in [5, 5.41) is 0. The molecular weight excluding hydrogens is 290 g/mol. The maximum atomic E-state index is 12.3. The molecule has 0 N–H and O–H groups in total. The highest BCUT2D eigenvalue weighted by Crippen LogP contribution is 2.31. The first kappa shape index (κ1) is 16.7. The molecule has 0 aromatic carbocycles. The molecule has 2 fully saturated rings. The van der Waals surface area contributed by atoms with E-state index in [1.54, 1.807) is 0 Å². The molecule has 1 unspecified atom stereocenters. The van der Waals surface area contributed by atoms with Crippen molar-refractivity contribution in [3.8, 4) is 0 Å². The Kier molecular flexibility index (Phi) is 5.66. The second-order valence-corrected chi connectivity index (χ2v) is 8.54. The van der Waals surface area contributed by atoms with Gasteiger partial charge >= 0.3 is 0 Å². The van der Waals surface area contributed by atoms with E-state index in [0.29, 0.717) is 32.5 Å². The van der Waals surface area contributed by atoms with Gasteiger partial charge in [-0.3, -0.25) is 4.79 Å². The van der Waals surface area contributed by atoms with Crippen LogP contribution in [0.1, 0.15) is 51.9 Å². The zero-order valence-corrected chi connectivity index (χ0v) is 13.8. The average molecular weight is 317 g/mol. The van der Waals surface area contributed by atoms with Crippen LogP contribution in [0.15, 0.2) is 0 Å². The average Bonchev–Trinajstić information content (AvgIpc) is 2.73. The third-order valence-corrected chi connectivity index (χ3v) is 6.24. The Hall–Kier alpha value is -0.620. The van der Waals surface area contributed by atoms with Gasteiger partial charge in [0.25, 0.3) is 0 Å². The molecule has 2 saturated heterocycles. The lowest BCUT2D eigenvalue weighted by molar-refractivity contribution is -0.147. The SMILES string of the molecule is CCCCCCCC(=O)N1CCOC2(CCS(=O)(=O)C2)C1. The van der Waals surface area contributed by atoms with E-state index in [4.69, 9.17) is 4.74 Å². The van der Waals surface area contributed by atoms with E-state index in [0.717, 1.165) is 12.8 Å². The van der Waals surface area contributed by atoms with Gasteiger partial charge < -0.3 is 9.64 Å².